The predicted molar refractivity (Wildman–Crippen MR) is 321 cm³/mol. The van der Waals surface area contributed by atoms with E-state index in [-0.39, 0.29) is 19.1 Å². The summed E-state index contributed by atoms with van der Waals surface area (Å²) in [5.74, 6) is -0.202. The zero-order valence-corrected chi connectivity index (χ0v) is 51.0. The molecule has 8 nitrogen and oxygen atoms in total. The van der Waals surface area contributed by atoms with E-state index < -0.39 is 20.0 Å². The van der Waals surface area contributed by atoms with E-state index in [1.54, 1.807) is 6.08 Å². The second-order valence-corrected chi connectivity index (χ2v) is 24.9. The van der Waals surface area contributed by atoms with Crippen LogP contribution in [0.2, 0.25) is 0 Å². The summed E-state index contributed by atoms with van der Waals surface area (Å²) in [4.78, 5) is 25.6. The van der Waals surface area contributed by atoms with Crippen LogP contribution in [0.3, 0.4) is 0 Å². The maximum absolute atomic E-state index is 13.0. The number of phosphoric ester groups is 1. The summed E-state index contributed by atoms with van der Waals surface area (Å²) in [6.45, 7) is 4.68. The summed E-state index contributed by atoms with van der Waals surface area (Å²) in [7, 11) is 1.26. The molecule has 0 aromatic heterocycles. The third kappa shape index (κ3) is 58.4. The summed E-state index contributed by atoms with van der Waals surface area (Å²) < 4.78 is 23.4. The summed E-state index contributed by atoms with van der Waals surface area (Å²) in [5.41, 5.74) is 0. The second kappa shape index (κ2) is 56.4. The van der Waals surface area contributed by atoms with Gasteiger partial charge in [-0.25, -0.2) is 0 Å². The number of hydrogen-bond acceptors (Lipinski definition) is 6. The number of nitrogens with one attached hydrogen (secondary N) is 1. The Balaban J connectivity index is 4.15. The summed E-state index contributed by atoms with van der Waals surface area (Å²) in [6, 6.07) is -0.903. The van der Waals surface area contributed by atoms with Crippen LogP contribution in [0.1, 0.15) is 322 Å². The van der Waals surface area contributed by atoms with Gasteiger partial charge in [0.05, 0.1) is 39.9 Å². The molecule has 0 aliphatic carbocycles. The topological polar surface area (TPSA) is 108 Å². The molecular formula is C65H127N2O6P. The first kappa shape index (κ1) is 72.7. The molecule has 438 valence electrons. The zero-order valence-electron chi connectivity index (χ0n) is 50.1. The largest absolute Gasteiger partial charge is 0.756 e. The number of rotatable bonds is 60. The Labute approximate surface area is 461 Å². The van der Waals surface area contributed by atoms with Gasteiger partial charge in [0.2, 0.25) is 5.91 Å². The molecule has 9 heteroatoms. The number of amides is 1. The van der Waals surface area contributed by atoms with Crippen molar-refractivity contribution in [3.63, 3.8) is 0 Å². The molecule has 3 unspecified atom stereocenters. The van der Waals surface area contributed by atoms with E-state index >= 15 is 0 Å². The van der Waals surface area contributed by atoms with E-state index in [0.717, 1.165) is 38.5 Å². The Morgan fingerprint density at radius 2 is 0.757 bits per heavy atom. The van der Waals surface area contributed by atoms with E-state index in [4.69, 9.17) is 9.05 Å². The van der Waals surface area contributed by atoms with Crippen molar-refractivity contribution in [3.8, 4) is 0 Å². The van der Waals surface area contributed by atoms with Crippen LogP contribution in [0.4, 0.5) is 0 Å². The van der Waals surface area contributed by atoms with E-state index in [0.29, 0.717) is 17.4 Å². The predicted octanol–water partition coefficient (Wildman–Crippen LogP) is 19.5. The number of carbonyl (C=O) groups is 1. The molecule has 3 atom stereocenters. The number of carbonyl (C=O) groups excluding carboxylic acids is 1. The van der Waals surface area contributed by atoms with Gasteiger partial charge in [0.1, 0.15) is 13.2 Å². The van der Waals surface area contributed by atoms with Crippen molar-refractivity contribution in [3.05, 3.63) is 36.5 Å². The van der Waals surface area contributed by atoms with Crippen LogP contribution < -0.4 is 10.2 Å². The Bertz CT molecular complexity index is 1300. The van der Waals surface area contributed by atoms with Gasteiger partial charge in [-0.2, -0.15) is 0 Å². The van der Waals surface area contributed by atoms with Crippen LogP contribution in [0.15, 0.2) is 36.5 Å². The molecule has 1 amide bonds. The Kier molecular flexibility index (Phi) is 55.5. The zero-order chi connectivity index (χ0) is 54.2. The first-order valence-corrected chi connectivity index (χ1v) is 33.8. The lowest BCUT2D eigenvalue weighted by Crippen LogP contribution is -2.45. The standard InChI is InChI=1S/C65H127N2O6P/c1-6-8-10-12-14-16-18-20-22-24-26-28-30-32-33-35-37-39-41-43-45-47-49-51-53-55-57-59-65(69)66-63(62-73-74(70,71)72-61-60-67(3,4)5)64(68)58-56-54-52-50-48-46-44-42-40-38-36-34-31-29-27-25-23-21-19-17-15-13-11-9-7-2/h24,26,48,50,56,58,63-64,68H,6-23,25,27-47,49,51-55,57,59-62H2,1-5H3,(H-,66,69,70,71)/b26-24-,50-48+,58-56+. The Morgan fingerprint density at radius 1 is 0.459 bits per heavy atom. The minimum Gasteiger partial charge on any atom is -0.756 e. The lowest BCUT2D eigenvalue weighted by atomic mass is 10.0. The fraction of sp³-hybridized carbons (Fsp3) is 0.892. The molecule has 74 heavy (non-hydrogen) atoms. The van der Waals surface area contributed by atoms with E-state index in [1.807, 2.05) is 27.2 Å². The molecule has 0 aliphatic rings. The molecule has 0 radical (unpaired) electrons. The van der Waals surface area contributed by atoms with Gasteiger partial charge >= 0.3 is 0 Å². The van der Waals surface area contributed by atoms with E-state index in [2.05, 4.69) is 43.5 Å². The van der Waals surface area contributed by atoms with Crippen molar-refractivity contribution >= 4 is 13.7 Å². The molecule has 0 rings (SSSR count). The van der Waals surface area contributed by atoms with Crippen LogP contribution in [0, 0.1) is 0 Å². The maximum Gasteiger partial charge on any atom is 0.268 e. The summed E-state index contributed by atoms with van der Waals surface area (Å²) >= 11 is 0. The molecule has 0 aromatic rings. The second-order valence-electron chi connectivity index (χ2n) is 23.5. The third-order valence-corrected chi connectivity index (χ3v) is 15.8. The van der Waals surface area contributed by atoms with Gasteiger partial charge in [-0.1, -0.05) is 294 Å². The van der Waals surface area contributed by atoms with Crippen molar-refractivity contribution in [2.24, 2.45) is 0 Å². The van der Waals surface area contributed by atoms with Crippen LogP contribution in [0.25, 0.3) is 0 Å². The molecule has 0 aliphatic heterocycles. The molecule has 2 N–H and O–H groups in total. The van der Waals surface area contributed by atoms with Crippen LogP contribution in [-0.4, -0.2) is 68.5 Å². The third-order valence-electron chi connectivity index (χ3n) is 14.8. The van der Waals surface area contributed by atoms with Crippen molar-refractivity contribution in [1.29, 1.82) is 0 Å². The highest BCUT2D eigenvalue weighted by molar-refractivity contribution is 7.45. The van der Waals surface area contributed by atoms with Gasteiger partial charge in [-0.15, -0.1) is 0 Å². The van der Waals surface area contributed by atoms with E-state index in [1.165, 1.54) is 263 Å². The SMILES string of the molecule is CCCCCCCCCC/C=C\CCCCCCCCCCCCCCCCCC(=O)NC(COP(=O)([O-])OCC[N+](C)(C)C)C(O)/C=C/CC/C=C/CCCCCCCCCCCCCCCCCCCCC. The van der Waals surface area contributed by atoms with Gasteiger partial charge in [0.25, 0.3) is 7.82 Å². The molecule has 0 bridgehead atoms. The molecule has 0 fully saturated rings. The van der Waals surface area contributed by atoms with Gasteiger partial charge in [0.15, 0.2) is 0 Å². The molecule has 0 aromatic carbocycles. The minimum atomic E-state index is -4.61. The first-order chi connectivity index (χ1) is 36.0. The number of likely N-dealkylation sites (N-methyl/N-ethyl adjacent to an activating group) is 1. The monoisotopic (exact) mass is 1060 g/mol. The first-order valence-electron chi connectivity index (χ1n) is 32.4. The highest BCUT2D eigenvalue weighted by atomic mass is 31.2. The lowest BCUT2D eigenvalue weighted by Gasteiger charge is -2.29. The van der Waals surface area contributed by atoms with Crippen molar-refractivity contribution < 1.29 is 32.9 Å². The maximum atomic E-state index is 13.0. The van der Waals surface area contributed by atoms with Crippen LogP contribution in [-0.2, 0) is 18.4 Å². The van der Waals surface area contributed by atoms with Crippen LogP contribution in [0.5, 0.6) is 0 Å². The molecule has 0 saturated carbocycles. The highest BCUT2D eigenvalue weighted by Gasteiger charge is 2.23. The van der Waals surface area contributed by atoms with Crippen molar-refractivity contribution in [2.45, 2.75) is 334 Å². The number of allylic oxidation sites excluding steroid dienone is 5. The van der Waals surface area contributed by atoms with Gasteiger partial charge in [-0.3, -0.25) is 9.36 Å². The number of phosphoric acid groups is 1. The number of unbranched alkanes of at least 4 members (excludes halogenated alkanes) is 43. The Hall–Kier alpha value is -1.28. The highest BCUT2D eigenvalue weighted by Crippen LogP contribution is 2.38. The number of quaternary nitrogens is 1. The number of aliphatic hydroxyl groups excluding tert-OH is 1. The fourth-order valence-corrected chi connectivity index (χ4v) is 10.5. The minimum absolute atomic E-state index is 0.00492. The number of nitrogens with zero attached hydrogens (tertiary/aromatic N) is 1. The average Bonchev–Trinajstić information content (AvgIpc) is 3.36. The van der Waals surface area contributed by atoms with Crippen LogP contribution >= 0.6 is 7.82 Å². The summed E-state index contributed by atoms with van der Waals surface area (Å²) in [5, 5.41) is 13.9. The smallest absolute Gasteiger partial charge is 0.268 e. The molecule has 0 spiro atoms. The summed E-state index contributed by atoms with van der Waals surface area (Å²) in [6.07, 6.45) is 73.9. The fourth-order valence-electron chi connectivity index (χ4n) is 9.76. The quantitative estimate of drug-likeness (QED) is 0.0272. The number of aliphatic hydroxyl groups is 1. The number of hydrogen-bond donors (Lipinski definition) is 2. The van der Waals surface area contributed by atoms with E-state index in [9.17, 15) is 19.4 Å². The lowest BCUT2D eigenvalue weighted by molar-refractivity contribution is -0.870. The Morgan fingerprint density at radius 3 is 1.09 bits per heavy atom. The molecule has 0 heterocycles. The van der Waals surface area contributed by atoms with Gasteiger partial charge in [0, 0.05) is 6.42 Å². The van der Waals surface area contributed by atoms with Gasteiger partial charge < -0.3 is 28.8 Å². The average molecular weight is 1060 g/mol. The van der Waals surface area contributed by atoms with Crippen molar-refractivity contribution in [2.75, 3.05) is 40.9 Å². The normalized spacial score (nSPS) is 14.0. The molecule has 0 saturated heterocycles. The van der Waals surface area contributed by atoms with Gasteiger partial charge in [-0.05, 0) is 57.8 Å². The molecular weight excluding hydrogens is 936 g/mol. The van der Waals surface area contributed by atoms with Crippen molar-refractivity contribution in [1.82, 2.24) is 5.32 Å².